The molecule has 9 nitrogen and oxygen atoms in total. The lowest BCUT2D eigenvalue weighted by Gasteiger charge is -2.25. The quantitative estimate of drug-likeness (QED) is 0.551. The minimum atomic E-state index is -1.56. The monoisotopic (exact) mass is 295 g/mol. The smallest absolute Gasteiger partial charge is 0.197 e. The van der Waals surface area contributed by atoms with Crippen molar-refractivity contribution >= 4 is 11.5 Å². The maximum Gasteiger partial charge on any atom is 0.197 e. The van der Waals surface area contributed by atoms with Crippen LogP contribution >= 0.6 is 0 Å². The molecule has 0 bridgehead atoms. The number of aliphatic hydroxyl groups is 3. The van der Waals surface area contributed by atoms with Crippen LogP contribution in [0.1, 0.15) is 18.7 Å². The van der Waals surface area contributed by atoms with Gasteiger partial charge in [-0.05, 0) is 6.92 Å². The van der Waals surface area contributed by atoms with Gasteiger partial charge in [-0.1, -0.05) is 0 Å². The molecule has 0 aliphatic carbocycles. The molecule has 114 valence electrons. The van der Waals surface area contributed by atoms with Crippen LogP contribution in [0.4, 0.5) is 5.82 Å². The fourth-order valence-electron chi connectivity index (χ4n) is 2.62. The van der Waals surface area contributed by atoms with E-state index in [0.29, 0.717) is 17.2 Å². The highest BCUT2D eigenvalue weighted by atomic mass is 16.6. The van der Waals surface area contributed by atoms with E-state index in [1.807, 2.05) is 0 Å². The lowest BCUT2D eigenvalue weighted by molar-refractivity contribution is -0.0665. The number of fused-ring (bicyclic) bond motifs is 1. The van der Waals surface area contributed by atoms with Crippen molar-refractivity contribution < 1.29 is 20.1 Å². The molecule has 3 heterocycles. The number of hydrogen-bond acceptors (Lipinski definition) is 8. The molecular weight excluding hydrogens is 278 g/mol. The molecule has 2 aromatic heterocycles. The fraction of sp³-hybridized carbons (Fsp3) is 0.583. The molecule has 0 spiro atoms. The van der Waals surface area contributed by atoms with Gasteiger partial charge in [-0.3, -0.25) is 0 Å². The molecule has 2 aromatic rings. The summed E-state index contributed by atoms with van der Waals surface area (Å²) in [6.07, 6.45) is -0.0616. The Labute approximate surface area is 120 Å². The van der Waals surface area contributed by atoms with Gasteiger partial charge >= 0.3 is 0 Å². The van der Waals surface area contributed by atoms with Crippen molar-refractivity contribution in [1.82, 2.24) is 19.6 Å². The molecule has 21 heavy (non-hydrogen) atoms. The van der Waals surface area contributed by atoms with Gasteiger partial charge in [0.25, 0.3) is 0 Å². The summed E-state index contributed by atoms with van der Waals surface area (Å²) in [6.45, 7) is 1.07. The normalized spacial score (nSPS) is 32.7. The zero-order chi connectivity index (χ0) is 15.2. The highest BCUT2D eigenvalue weighted by molar-refractivity contribution is 5.61. The van der Waals surface area contributed by atoms with Crippen LogP contribution in [0, 0.1) is 0 Å². The first-order valence-corrected chi connectivity index (χ1v) is 6.53. The van der Waals surface area contributed by atoms with Crippen molar-refractivity contribution in [2.45, 2.75) is 30.8 Å². The molecule has 9 heteroatoms. The molecule has 0 radical (unpaired) electrons. The summed E-state index contributed by atoms with van der Waals surface area (Å²) < 4.78 is 7.06. The molecule has 0 aromatic carbocycles. The van der Waals surface area contributed by atoms with Crippen LogP contribution in [0.5, 0.6) is 0 Å². The van der Waals surface area contributed by atoms with Gasteiger partial charge in [0.15, 0.2) is 11.5 Å². The number of ether oxygens (including phenoxy) is 1. The second-order valence-electron chi connectivity index (χ2n) is 5.18. The summed E-state index contributed by atoms with van der Waals surface area (Å²) >= 11 is 0. The molecule has 3 rings (SSSR count). The molecule has 4 atom stereocenters. The van der Waals surface area contributed by atoms with Crippen molar-refractivity contribution in [3.05, 3.63) is 18.2 Å². The Balaban J connectivity index is 2.09. The summed E-state index contributed by atoms with van der Waals surface area (Å²) in [4.78, 5) is 8.27. The first-order valence-electron chi connectivity index (χ1n) is 6.53. The number of hydrogen-bond donors (Lipinski definition) is 4. The largest absolute Gasteiger partial charge is 0.394 e. The molecule has 0 amide bonds. The minimum absolute atomic E-state index is 0.388. The van der Waals surface area contributed by atoms with Crippen LogP contribution in [0.3, 0.4) is 0 Å². The maximum atomic E-state index is 10.5. The SMILES string of the molecule is CNc1ncnn2c([C@@H]3O[C@H](CO)[C@@H](O)[C@@]3(C)O)cnc12. The third-order valence-electron chi connectivity index (χ3n) is 3.81. The van der Waals surface area contributed by atoms with Gasteiger partial charge in [-0.15, -0.1) is 0 Å². The first kappa shape index (κ1) is 14.1. The van der Waals surface area contributed by atoms with Crippen LogP contribution in [-0.2, 0) is 4.74 Å². The molecule has 1 fully saturated rings. The number of rotatable bonds is 3. The summed E-state index contributed by atoms with van der Waals surface area (Å²) in [5.41, 5.74) is -0.603. The Morgan fingerprint density at radius 1 is 1.48 bits per heavy atom. The minimum Gasteiger partial charge on any atom is -0.394 e. The zero-order valence-electron chi connectivity index (χ0n) is 11.6. The van der Waals surface area contributed by atoms with E-state index in [1.165, 1.54) is 24.0 Å². The van der Waals surface area contributed by atoms with E-state index in [9.17, 15) is 15.3 Å². The average molecular weight is 295 g/mol. The Morgan fingerprint density at radius 2 is 2.24 bits per heavy atom. The number of nitrogens with zero attached hydrogens (tertiary/aromatic N) is 4. The van der Waals surface area contributed by atoms with E-state index >= 15 is 0 Å². The molecule has 0 saturated carbocycles. The van der Waals surface area contributed by atoms with Crippen molar-refractivity contribution in [1.29, 1.82) is 0 Å². The molecule has 1 aliphatic heterocycles. The van der Waals surface area contributed by atoms with Gasteiger partial charge in [0, 0.05) is 7.05 Å². The maximum absolute atomic E-state index is 10.5. The standard InChI is InChI=1S/C12H17N5O4/c1-12(20)8(19)7(4-18)21-9(12)6-3-14-11-10(13-2)15-5-16-17(6)11/h3,5,7-9,18-20H,4H2,1-2H3,(H,13,15,16)/t7-,8-,9+,12-/m1/s1. The van der Waals surface area contributed by atoms with Crippen LogP contribution < -0.4 is 5.32 Å². The third-order valence-corrected chi connectivity index (χ3v) is 3.81. The van der Waals surface area contributed by atoms with E-state index in [1.54, 1.807) is 7.05 Å². The van der Waals surface area contributed by atoms with Gasteiger partial charge in [0.05, 0.1) is 18.5 Å². The summed E-state index contributed by atoms with van der Waals surface area (Å²) in [6, 6.07) is 0. The summed E-state index contributed by atoms with van der Waals surface area (Å²) in [5, 5.41) is 36.8. The second-order valence-corrected chi connectivity index (χ2v) is 5.18. The van der Waals surface area contributed by atoms with Crippen molar-refractivity contribution in [2.24, 2.45) is 0 Å². The topological polar surface area (TPSA) is 125 Å². The zero-order valence-corrected chi connectivity index (χ0v) is 11.6. The summed E-state index contributed by atoms with van der Waals surface area (Å²) in [7, 11) is 1.71. The molecule has 4 N–H and O–H groups in total. The Morgan fingerprint density at radius 3 is 2.86 bits per heavy atom. The fourth-order valence-corrected chi connectivity index (χ4v) is 2.62. The highest BCUT2D eigenvalue weighted by Gasteiger charge is 2.53. The average Bonchev–Trinajstić information content (AvgIpc) is 2.99. The van der Waals surface area contributed by atoms with Crippen LogP contribution in [0.2, 0.25) is 0 Å². The molecule has 1 aliphatic rings. The first-order chi connectivity index (χ1) is 10.0. The number of anilines is 1. The van der Waals surface area contributed by atoms with E-state index in [-0.39, 0.29) is 6.61 Å². The molecule has 1 saturated heterocycles. The van der Waals surface area contributed by atoms with Crippen molar-refractivity contribution in [3.8, 4) is 0 Å². The number of nitrogens with one attached hydrogen (secondary N) is 1. The van der Waals surface area contributed by atoms with E-state index in [2.05, 4.69) is 20.4 Å². The van der Waals surface area contributed by atoms with E-state index in [4.69, 9.17) is 4.74 Å². The third kappa shape index (κ3) is 1.97. The van der Waals surface area contributed by atoms with Gasteiger partial charge in [-0.25, -0.2) is 14.5 Å². The Bertz CT molecular complexity index is 658. The van der Waals surface area contributed by atoms with Crippen molar-refractivity contribution in [2.75, 3.05) is 19.0 Å². The van der Waals surface area contributed by atoms with Crippen LogP contribution in [-0.4, -0.2) is 66.4 Å². The van der Waals surface area contributed by atoms with Crippen LogP contribution in [0.15, 0.2) is 12.5 Å². The number of imidazole rings is 1. The highest BCUT2D eigenvalue weighted by Crippen LogP contribution is 2.41. The van der Waals surface area contributed by atoms with E-state index < -0.39 is 23.9 Å². The Hall–Kier alpha value is -1.81. The predicted molar refractivity (Wildman–Crippen MR) is 71.7 cm³/mol. The molecular formula is C12H17N5O4. The Kier molecular flexibility index (Phi) is 3.29. The van der Waals surface area contributed by atoms with Crippen LogP contribution in [0.25, 0.3) is 5.65 Å². The van der Waals surface area contributed by atoms with Gasteiger partial charge in [-0.2, -0.15) is 5.10 Å². The van der Waals surface area contributed by atoms with Crippen molar-refractivity contribution in [3.63, 3.8) is 0 Å². The molecule has 0 unspecified atom stereocenters. The predicted octanol–water partition coefficient (Wildman–Crippen LogP) is -1.29. The number of aliphatic hydroxyl groups excluding tert-OH is 2. The van der Waals surface area contributed by atoms with E-state index in [0.717, 1.165) is 0 Å². The van der Waals surface area contributed by atoms with Gasteiger partial charge in [0.2, 0.25) is 0 Å². The van der Waals surface area contributed by atoms with Gasteiger partial charge < -0.3 is 25.4 Å². The number of aromatic nitrogens is 4. The lowest BCUT2D eigenvalue weighted by atomic mass is 9.91. The summed E-state index contributed by atoms with van der Waals surface area (Å²) in [5.74, 6) is 0.535. The van der Waals surface area contributed by atoms with Gasteiger partial charge in [0.1, 0.15) is 30.2 Å². The lowest BCUT2D eigenvalue weighted by Crippen LogP contribution is -2.43. The second kappa shape index (κ2) is 4.88.